The molecule has 744 valence electrons. The highest BCUT2D eigenvalue weighted by Gasteiger charge is 2.49. The zero-order valence-electron chi connectivity index (χ0n) is 77.2. The maximum Gasteiger partial charge on any atom is 0.305 e. The van der Waals surface area contributed by atoms with Gasteiger partial charge in [-0.25, -0.2) is 13.2 Å². The molecule has 1 aromatic heterocycles. The first-order valence-corrected chi connectivity index (χ1v) is 46.4. The number of aromatic hydroxyl groups is 2. The normalized spacial score (nSPS) is 24.1. The molecule has 6 aromatic carbocycles. The molecule has 15 atom stereocenters. The van der Waals surface area contributed by atoms with Gasteiger partial charge in [0.05, 0.1) is 30.9 Å². The molecule has 4 heterocycles. The molecule has 19 N–H and O–H groups in total. The molecule has 7 aromatic rings. The van der Waals surface area contributed by atoms with Crippen LogP contribution in [-0.2, 0) is 120 Å². The van der Waals surface area contributed by atoms with Gasteiger partial charge in [-0.2, -0.15) is 0 Å². The van der Waals surface area contributed by atoms with E-state index in [0.29, 0.717) is 63.5 Å². The number of carbonyl (C=O) groups excluding carboxylic acids is 16. The van der Waals surface area contributed by atoms with E-state index in [4.69, 9.17) is 11.5 Å². The van der Waals surface area contributed by atoms with Crippen molar-refractivity contribution in [3.05, 3.63) is 203 Å². The van der Waals surface area contributed by atoms with E-state index in [9.17, 15) is 68.3 Å². The lowest BCUT2D eigenvalue weighted by molar-refractivity contribution is -0.152. The number of phenols is 2. The van der Waals surface area contributed by atoms with E-state index in [0.717, 1.165) is 31.5 Å². The Morgan fingerprint density at radius 2 is 0.950 bits per heavy atom. The van der Waals surface area contributed by atoms with Gasteiger partial charge in [-0.15, -0.1) is 11.8 Å². The third-order valence-electron chi connectivity index (χ3n) is 24.4. The molecule has 10 rings (SSSR count). The molecular weight excluding hydrogens is 1830 g/mol. The summed E-state index contributed by atoms with van der Waals surface area (Å²) in [6.45, 7) is 2.75. The zero-order valence-corrected chi connectivity index (χ0v) is 78.0. The number of H-pyrrole nitrogens is 1. The number of aliphatic hydroxyl groups is 2. The van der Waals surface area contributed by atoms with Gasteiger partial charge in [0.1, 0.15) is 90.0 Å². The fraction of sp³-hybridized carbons (Fsp3) is 0.427. The van der Waals surface area contributed by atoms with Crippen molar-refractivity contribution in [3.63, 3.8) is 0 Å². The fourth-order valence-corrected chi connectivity index (χ4v) is 17.7. The Bertz CT molecular complexity index is 5610. The number of hydrogen-bond donors (Lipinski definition) is 17. The molecule has 3 fully saturated rings. The highest BCUT2D eigenvalue weighted by molar-refractivity contribution is 8.00. The van der Waals surface area contributed by atoms with Gasteiger partial charge in [-0.1, -0.05) is 137 Å². The van der Waals surface area contributed by atoms with E-state index in [1.165, 1.54) is 76.5 Å². The van der Waals surface area contributed by atoms with Gasteiger partial charge in [-0.05, 0) is 94.6 Å². The first-order chi connectivity index (χ1) is 66.1. The number of primary amides is 2. The molecule has 0 saturated carbocycles. The molecule has 3 aliphatic heterocycles. The van der Waals surface area contributed by atoms with E-state index in [1.54, 1.807) is 98.0 Å². The molecule has 0 unspecified atom stereocenters. The zero-order chi connectivity index (χ0) is 101. The maximum absolute atomic E-state index is 15.8. The van der Waals surface area contributed by atoms with E-state index < -0.39 is 309 Å². The number of carboxylic acids is 1. The summed E-state index contributed by atoms with van der Waals surface area (Å²) in [7, 11) is 3.57. The van der Waals surface area contributed by atoms with Crippen molar-refractivity contribution in [1.82, 2.24) is 77.3 Å². The van der Waals surface area contributed by atoms with Crippen molar-refractivity contribution in [1.29, 1.82) is 0 Å². The van der Waals surface area contributed by atoms with Crippen LogP contribution in [-0.4, -0.2) is 299 Å². The van der Waals surface area contributed by atoms with Crippen molar-refractivity contribution in [2.45, 2.75) is 201 Å². The van der Waals surface area contributed by atoms with Crippen LogP contribution in [0, 0.1) is 23.4 Å². The van der Waals surface area contributed by atoms with E-state index in [1.807, 2.05) is 0 Å². The van der Waals surface area contributed by atoms with Crippen molar-refractivity contribution >= 4 is 123 Å². The van der Waals surface area contributed by atoms with Crippen LogP contribution < -0.4 is 59.3 Å². The molecule has 0 aliphatic carbocycles. The number of thioether (sulfide) groups is 1. The fourth-order valence-electron chi connectivity index (χ4n) is 16.9. The molecule has 39 nitrogen and oxygen atoms in total. The number of likely N-dealkylation sites (N-methyl/N-ethyl adjacent to an activating group) is 3. The number of nitrogens with zero attached hydrogens (tertiary/aromatic N) is 5. The van der Waals surface area contributed by atoms with E-state index in [2.05, 4.69) is 52.8 Å². The number of benzene rings is 6. The molecule has 0 radical (unpaired) electrons. The number of fused-ring (bicyclic) bond motifs is 3. The Labute approximate surface area is 802 Å². The molecule has 43 heteroatoms. The maximum atomic E-state index is 15.8. The number of aromatic amines is 1. The van der Waals surface area contributed by atoms with Gasteiger partial charge in [0.15, 0.2) is 17.5 Å². The van der Waals surface area contributed by atoms with Crippen molar-refractivity contribution in [2.75, 3.05) is 52.3 Å². The number of aliphatic carboxylic acids is 1. The van der Waals surface area contributed by atoms with Gasteiger partial charge < -0.3 is 114 Å². The lowest BCUT2D eigenvalue weighted by atomic mass is 9.98. The van der Waals surface area contributed by atoms with E-state index >= 15 is 51.9 Å². The third kappa shape index (κ3) is 29.3. The van der Waals surface area contributed by atoms with Crippen LogP contribution in [0.3, 0.4) is 0 Å². The predicted octanol–water partition coefficient (Wildman–Crippen LogP) is -0.0299. The number of nitrogens with two attached hydrogens (primary N) is 2. The summed E-state index contributed by atoms with van der Waals surface area (Å²) in [4.78, 5) is 260. The van der Waals surface area contributed by atoms with Gasteiger partial charge >= 0.3 is 5.97 Å². The number of para-hydroxylation sites is 1. The number of hydrogen-bond acceptors (Lipinski definition) is 22. The SMILES string of the molecule is CCCC[C@H]1C(=O)N2C[C@H](O)C[C@@H]2C(=O)N[C@@H](CC(=O)O)C(=O)N[C@@H](C(C)C)C(=O)N(C)[C@@H](Cc2ccccc2)C(=O)N[C@@H](Cc2ccc(O)cc2)C(=O)N2C[C@H](O)C[C@@H]2C(=O)N[C@@H](Cc2c[nH]c3ccccc23)C(=O)N[C@@H](Cc2ccc(O)cc2)C(=O)N[C@@H](CCC(N)=O)C(=O)N[C@H](C(=O)NCC(N)=O)CSCC(=O)N[C@@H](Cc2cc(F)c(F)c(F)c2)C(=O)N(C)[C@@H](Cc2ccccc2)C(=O)N1C. The topological polar surface area (TPSA) is 584 Å². The summed E-state index contributed by atoms with van der Waals surface area (Å²) in [6.07, 6.45) is -7.23. The Morgan fingerprint density at radius 3 is 1.50 bits per heavy atom. The molecule has 3 aliphatic rings. The minimum absolute atomic E-state index is 0.158. The first-order valence-electron chi connectivity index (χ1n) is 45.2. The van der Waals surface area contributed by atoms with Crippen molar-refractivity contribution in [2.24, 2.45) is 17.4 Å². The number of aromatic nitrogens is 1. The largest absolute Gasteiger partial charge is 0.508 e. The summed E-state index contributed by atoms with van der Waals surface area (Å²) < 4.78 is 45.2. The molecule has 16 amide bonds. The lowest BCUT2D eigenvalue weighted by Gasteiger charge is -2.38. The van der Waals surface area contributed by atoms with Crippen molar-refractivity contribution < 1.29 is 120 Å². The van der Waals surface area contributed by atoms with E-state index in [-0.39, 0.29) is 42.7 Å². The molecular formula is C96H116F3N17O22S. The Balaban J connectivity index is 1.07. The second-order valence-corrected chi connectivity index (χ2v) is 36.1. The number of halogens is 3. The van der Waals surface area contributed by atoms with Crippen LogP contribution in [0.15, 0.2) is 152 Å². The summed E-state index contributed by atoms with van der Waals surface area (Å²) in [5, 5.41) is 77.7. The minimum atomic E-state index is -2.07. The number of nitrogens with one attached hydrogen (secondary N) is 10. The average Bonchev–Trinajstić information content (AvgIpc) is 1.74. The summed E-state index contributed by atoms with van der Waals surface area (Å²) >= 11 is 0.580. The van der Waals surface area contributed by atoms with Gasteiger partial charge in [-0.3, -0.25) is 81.5 Å². The highest BCUT2D eigenvalue weighted by atomic mass is 32.2. The second kappa shape index (κ2) is 49.5. The first kappa shape index (κ1) is 107. The molecule has 0 spiro atoms. The number of amides is 16. The Morgan fingerprint density at radius 1 is 0.482 bits per heavy atom. The number of unbranched alkanes of at least 4 members (excludes halogenated alkanes) is 1. The smallest absolute Gasteiger partial charge is 0.305 e. The molecule has 0 bridgehead atoms. The number of carboxylic acid groups (broad SMARTS) is 1. The number of carbonyl (C=O) groups is 17. The van der Waals surface area contributed by atoms with Crippen LogP contribution in [0.2, 0.25) is 0 Å². The van der Waals surface area contributed by atoms with Crippen LogP contribution >= 0.6 is 11.8 Å². The van der Waals surface area contributed by atoms with Crippen LogP contribution in [0.25, 0.3) is 10.9 Å². The highest BCUT2D eigenvalue weighted by Crippen LogP contribution is 2.30. The second-order valence-electron chi connectivity index (χ2n) is 35.1. The lowest BCUT2D eigenvalue weighted by Crippen LogP contribution is -2.62. The minimum Gasteiger partial charge on any atom is -0.508 e. The van der Waals surface area contributed by atoms with Crippen LogP contribution in [0.4, 0.5) is 13.2 Å². The van der Waals surface area contributed by atoms with Gasteiger partial charge in [0, 0.05) is 115 Å². The number of rotatable bonds is 24. The number of aliphatic hydroxyl groups excluding tert-OH is 2. The standard InChI is InChI=1S/C96H116F3N17O22S/c1-7-8-23-73-95(137)116-48-61(120)43-76(116)91(133)108-69(44-81(124)125)88(130)111-83(51(2)3)96(138)113(5)74(39-52-17-11-9-12-18-52)89(131)109-71(37-55-26-30-59(118)31-27-55)93(135)115-47-60(119)42-75(115)90(132)107-68(41-57-45-102-65-22-16-15-21-62(57)65)87(129)106-67(36-54-24-28-58(117)29-25-54)86(128)105-66(32-33-78(100)121)85(127)110-72(84(126)103-46-79(101)122)49-139-50-80(123)104-70(38-56-34-63(97)82(99)64(98)35-56)92(134)114(6)77(94(136)112(73)4)40-53-19-13-10-14-20-53/h9-22,24-31,34-35,45,51,60-61,66-77,83,102,117-120H,7-8,23,32-33,36-44,46-50H2,1-6H3,(H2,100,121)(H2,101,122)(H,103,126)(H,104,123)(H,105,128)(H,106,129)(H,107,132)(H,108,133)(H,109,131)(H,110,127)(H,111,130)(H,124,125)/t60-,61-,66+,67+,68+,69+,70+,71+,72+,73+,74+,75-,76-,77+,83+/m1/s1. The predicted molar refractivity (Wildman–Crippen MR) is 498 cm³/mol. The quantitative estimate of drug-likeness (QED) is 0.0353. The molecule has 139 heavy (non-hydrogen) atoms. The van der Waals surface area contributed by atoms with Crippen molar-refractivity contribution in [3.8, 4) is 11.5 Å². The number of phenolic OH excluding ortho intramolecular Hbond substituents is 2. The van der Waals surface area contributed by atoms with Gasteiger partial charge in [0.25, 0.3) is 0 Å². The van der Waals surface area contributed by atoms with Gasteiger partial charge in [0.2, 0.25) is 94.5 Å². The van der Waals surface area contributed by atoms with Crippen LogP contribution in [0.5, 0.6) is 11.5 Å². The summed E-state index contributed by atoms with van der Waals surface area (Å²) in [5.41, 5.74) is 13.0. The Hall–Kier alpha value is -14.5. The third-order valence-corrected chi connectivity index (χ3v) is 25.4. The van der Waals surface area contributed by atoms with Crippen LogP contribution in [0.1, 0.15) is 106 Å². The summed E-state index contributed by atoms with van der Waals surface area (Å²) in [6, 6.07) is 11.8. The average molecular weight is 1950 g/mol. The summed E-state index contributed by atoms with van der Waals surface area (Å²) in [5.74, 6) is -27.2. The Kier molecular flexibility index (Phi) is 37.9. The molecule has 3 saturated heterocycles. The monoisotopic (exact) mass is 1950 g/mol.